The lowest BCUT2D eigenvalue weighted by Gasteiger charge is -2.18. The molecule has 6 nitrogen and oxygen atoms in total. The summed E-state index contributed by atoms with van der Waals surface area (Å²) in [4.78, 5) is 26.3. The SMILES string of the molecule is CCn1c(=O)n(CC(=O)N(C)CCC(C)O)c2ccccc21. The fourth-order valence-corrected chi connectivity index (χ4v) is 2.49. The largest absolute Gasteiger partial charge is 0.393 e. The Morgan fingerprint density at radius 2 is 1.86 bits per heavy atom. The number of benzene rings is 1. The molecule has 120 valence electrons. The summed E-state index contributed by atoms with van der Waals surface area (Å²) in [6, 6.07) is 7.49. The van der Waals surface area contributed by atoms with E-state index in [4.69, 9.17) is 0 Å². The number of rotatable bonds is 6. The first-order chi connectivity index (χ1) is 10.5. The molecule has 0 aliphatic rings. The third-order valence-electron chi connectivity index (χ3n) is 3.84. The van der Waals surface area contributed by atoms with Gasteiger partial charge < -0.3 is 10.0 Å². The predicted octanol–water partition coefficient (Wildman–Crippen LogP) is 1.05. The molecule has 1 aromatic carbocycles. The molecule has 0 fully saturated rings. The number of aromatic nitrogens is 2. The van der Waals surface area contributed by atoms with E-state index in [0.29, 0.717) is 19.5 Å². The number of aliphatic hydroxyl groups excluding tert-OH is 1. The van der Waals surface area contributed by atoms with Crippen LogP contribution in [0.15, 0.2) is 29.1 Å². The van der Waals surface area contributed by atoms with Gasteiger partial charge in [0.25, 0.3) is 0 Å². The molecule has 0 aliphatic carbocycles. The van der Waals surface area contributed by atoms with Crippen molar-refractivity contribution < 1.29 is 9.90 Å². The minimum atomic E-state index is -0.444. The summed E-state index contributed by atoms with van der Waals surface area (Å²) in [5, 5.41) is 9.30. The smallest absolute Gasteiger partial charge is 0.329 e. The first-order valence-electron chi connectivity index (χ1n) is 7.55. The van der Waals surface area contributed by atoms with Crippen LogP contribution >= 0.6 is 0 Å². The normalized spacial score (nSPS) is 12.5. The van der Waals surface area contributed by atoms with Gasteiger partial charge >= 0.3 is 5.69 Å². The molecule has 1 N–H and O–H groups in total. The van der Waals surface area contributed by atoms with Gasteiger partial charge in [-0.25, -0.2) is 4.79 Å². The third kappa shape index (κ3) is 3.22. The minimum absolute atomic E-state index is 0.0165. The molecule has 0 saturated heterocycles. The van der Waals surface area contributed by atoms with Crippen LogP contribution in [0.25, 0.3) is 11.0 Å². The van der Waals surface area contributed by atoms with Crippen LogP contribution < -0.4 is 5.69 Å². The summed E-state index contributed by atoms with van der Waals surface area (Å²) in [6.07, 6.45) is 0.0772. The van der Waals surface area contributed by atoms with E-state index in [-0.39, 0.29) is 18.1 Å². The van der Waals surface area contributed by atoms with Gasteiger partial charge in [-0.2, -0.15) is 0 Å². The van der Waals surface area contributed by atoms with Gasteiger partial charge in [-0.15, -0.1) is 0 Å². The van der Waals surface area contributed by atoms with Crippen molar-refractivity contribution in [2.75, 3.05) is 13.6 Å². The lowest BCUT2D eigenvalue weighted by atomic mass is 10.2. The third-order valence-corrected chi connectivity index (χ3v) is 3.84. The average Bonchev–Trinajstić information content (AvgIpc) is 2.76. The number of para-hydroxylation sites is 2. The number of carbonyl (C=O) groups is 1. The molecule has 1 aromatic heterocycles. The van der Waals surface area contributed by atoms with E-state index in [9.17, 15) is 14.7 Å². The fourth-order valence-electron chi connectivity index (χ4n) is 2.49. The Hall–Kier alpha value is -2.08. The number of hydrogen-bond acceptors (Lipinski definition) is 3. The quantitative estimate of drug-likeness (QED) is 0.867. The molecule has 1 atom stereocenters. The second kappa shape index (κ2) is 6.79. The van der Waals surface area contributed by atoms with Crippen molar-refractivity contribution in [1.29, 1.82) is 0 Å². The van der Waals surface area contributed by atoms with Crippen molar-refractivity contribution in [3.63, 3.8) is 0 Å². The number of imidazole rings is 1. The van der Waals surface area contributed by atoms with Crippen molar-refractivity contribution in [1.82, 2.24) is 14.0 Å². The molecular formula is C16H23N3O3. The molecule has 0 radical (unpaired) electrons. The highest BCUT2D eigenvalue weighted by atomic mass is 16.3. The number of amides is 1. The van der Waals surface area contributed by atoms with Crippen molar-refractivity contribution in [3.05, 3.63) is 34.7 Å². The second-order valence-electron chi connectivity index (χ2n) is 5.55. The lowest BCUT2D eigenvalue weighted by molar-refractivity contribution is -0.130. The van der Waals surface area contributed by atoms with Gasteiger partial charge in [-0.3, -0.25) is 13.9 Å². The Morgan fingerprint density at radius 1 is 1.27 bits per heavy atom. The van der Waals surface area contributed by atoms with Gasteiger partial charge in [0, 0.05) is 20.1 Å². The number of aryl methyl sites for hydroxylation is 1. The number of aliphatic hydroxyl groups is 1. The number of fused-ring (bicyclic) bond motifs is 1. The van der Waals surface area contributed by atoms with Crippen molar-refractivity contribution in [2.24, 2.45) is 0 Å². The molecule has 0 bridgehead atoms. The van der Waals surface area contributed by atoms with E-state index < -0.39 is 6.10 Å². The van der Waals surface area contributed by atoms with E-state index in [1.165, 1.54) is 4.57 Å². The average molecular weight is 305 g/mol. The lowest BCUT2D eigenvalue weighted by Crippen LogP contribution is -2.35. The van der Waals surface area contributed by atoms with Gasteiger partial charge in [0.1, 0.15) is 6.54 Å². The molecule has 22 heavy (non-hydrogen) atoms. The summed E-state index contributed by atoms with van der Waals surface area (Å²) in [5.74, 6) is -0.137. The topological polar surface area (TPSA) is 67.5 Å². The van der Waals surface area contributed by atoms with Crippen LogP contribution in [0.5, 0.6) is 0 Å². The van der Waals surface area contributed by atoms with E-state index in [2.05, 4.69) is 0 Å². The molecule has 0 aliphatic heterocycles. The molecule has 0 spiro atoms. The fraction of sp³-hybridized carbons (Fsp3) is 0.500. The minimum Gasteiger partial charge on any atom is -0.393 e. The van der Waals surface area contributed by atoms with Crippen LogP contribution in [0.4, 0.5) is 0 Å². The molecule has 1 amide bonds. The summed E-state index contributed by atoms with van der Waals surface area (Å²) in [7, 11) is 1.69. The zero-order chi connectivity index (χ0) is 16.3. The van der Waals surface area contributed by atoms with E-state index in [1.54, 1.807) is 23.4 Å². The summed E-state index contributed by atoms with van der Waals surface area (Å²) >= 11 is 0. The van der Waals surface area contributed by atoms with Crippen LogP contribution in [-0.4, -0.2) is 44.7 Å². The van der Waals surface area contributed by atoms with Crippen LogP contribution in [0, 0.1) is 0 Å². The highest BCUT2D eigenvalue weighted by molar-refractivity contribution is 5.80. The number of carbonyl (C=O) groups excluding carboxylic acids is 1. The van der Waals surface area contributed by atoms with E-state index >= 15 is 0 Å². The predicted molar refractivity (Wildman–Crippen MR) is 85.8 cm³/mol. The zero-order valence-electron chi connectivity index (χ0n) is 13.3. The Balaban J connectivity index is 2.26. The standard InChI is InChI=1S/C16H23N3O3/c1-4-18-13-7-5-6-8-14(13)19(16(18)22)11-15(21)17(3)10-9-12(2)20/h5-8,12,20H,4,9-11H2,1-3H3. The second-order valence-corrected chi connectivity index (χ2v) is 5.55. The highest BCUT2D eigenvalue weighted by Gasteiger charge is 2.16. The van der Waals surface area contributed by atoms with Crippen LogP contribution in [-0.2, 0) is 17.9 Å². The maximum absolute atomic E-state index is 12.5. The molecular weight excluding hydrogens is 282 g/mol. The Bertz CT molecular complexity index is 715. The summed E-state index contributed by atoms with van der Waals surface area (Å²) in [6.45, 7) is 4.66. The highest BCUT2D eigenvalue weighted by Crippen LogP contribution is 2.12. The molecule has 2 rings (SSSR count). The van der Waals surface area contributed by atoms with Crippen molar-refractivity contribution >= 4 is 16.9 Å². The number of hydrogen-bond donors (Lipinski definition) is 1. The molecule has 2 aromatic rings. The summed E-state index contributed by atoms with van der Waals surface area (Å²) < 4.78 is 3.18. The van der Waals surface area contributed by atoms with Gasteiger partial charge in [0.05, 0.1) is 17.1 Å². The van der Waals surface area contributed by atoms with E-state index in [0.717, 1.165) is 11.0 Å². The van der Waals surface area contributed by atoms with Gasteiger partial charge in [0.2, 0.25) is 5.91 Å². The maximum atomic E-state index is 12.5. The van der Waals surface area contributed by atoms with E-state index in [1.807, 2.05) is 31.2 Å². The first kappa shape index (κ1) is 16.3. The number of likely N-dealkylation sites (N-methyl/N-ethyl adjacent to an activating group) is 1. The van der Waals surface area contributed by atoms with Gasteiger partial charge in [-0.05, 0) is 32.4 Å². The monoisotopic (exact) mass is 305 g/mol. The van der Waals surface area contributed by atoms with Crippen molar-refractivity contribution in [2.45, 2.75) is 39.5 Å². The van der Waals surface area contributed by atoms with Crippen LogP contribution in [0.3, 0.4) is 0 Å². The maximum Gasteiger partial charge on any atom is 0.329 e. The molecule has 6 heteroatoms. The molecule has 1 unspecified atom stereocenters. The zero-order valence-corrected chi connectivity index (χ0v) is 13.3. The van der Waals surface area contributed by atoms with Crippen LogP contribution in [0.1, 0.15) is 20.3 Å². The Kier molecular flexibility index (Phi) is 5.03. The summed E-state index contributed by atoms with van der Waals surface area (Å²) in [5.41, 5.74) is 1.45. The molecule has 1 heterocycles. The Morgan fingerprint density at radius 3 is 2.41 bits per heavy atom. The van der Waals surface area contributed by atoms with Gasteiger partial charge in [0.15, 0.2) is 0 Å². The van der Waals surface area contributed by atoms with Crippen molar-refractivity contribution in [3.8, 4) is 0 Å². The van der Waals surface area contributed by atoms with Crippen LogP contribution in [0.2, 0.25) is 0 Å². The van der Waals surface area contributed by atoms with Gasteiger partial charge in [-0.1, -0.05) is 12.1 Å². The first-order valence-corrected chi connectivity index (χ1v) is 7.55. The Labute approximate surface area is 129 Å². The molecule has 0 saturated carbocycles. The number of nitrogens with zero attached hydrogens (tertiary/aromatic N) is 3.